The van der Waals surface area contributed by atoms with E-state index < -0.39 is 22.7 Å². The van der Waals surface area contributed by atoms with Crippen LogP contribution in [0.4, 0.5) is 5.95 Å². The monoisotopic (exact) mass is 674 g/mol. The average molecular weight is 675 g/mol. The molecule has 1 saturated heterocycles. The van der Waals surface area contributed by atoms with Crippen LogP contribution in [0, 0.1) is 56.7 Å². The molecule has 10 heteroatoms. The van der Waals surface area contributed by atoms with Crippen molar-refractivity contribution in [2.24, 2.45) is 62.4 Å². The normalized spacial score (nSPS) is 42.7. The van der Waals surface area contributed by atoms with Crippen molar-refractivity contribution >= 4 is 11.9 Å². The Bertz CT molecular complexity index is 1600. The molecule has 2 aromatic rings. The first kappa shape index (κ1) is 34.6. The first-order valence-corrected chi connectivity index (χ1v) is 18.6. The number of hydrogen-bond acceptors (Lipinski definition) is 8. The summed E-state index contributed by atoms with van der Waals surface area (Å²) in [6.45, 7) is 17.6. The first-order chi connectivity index (χ1) is 23.1. The second kappa shape index (κ2) is 11.9. The summed E-state index contributed by atoms with van der Waals surface area (Å²) in [5.41, 5.74) is 13.8. The number of aliphatic carboxylic acids is 1. The molecule has 4 aliphatic carbocycles. The highest BCUT2D eigenvalue weighted by Gasteiger charge is 2.72. The van der Waals surface area contributed by atoms with Gasteiger partial charge in [-0.05, 0) is 94.6 Å². The van der Waals surface area contributed by atoms with Gasteiger partial charge >= 0.3 is 5.97 Å². The molecule has 1 aromatic carbocycles. The number of carbonyl (C=O) groups is 1. The summed E-state index contributed by atoms with van der Waals surface area (Å²) in [6.07, 6.45) is 7.59. The van der Waals surface area contributed by atoms with Crippen LogP contribution in [0.15, 0.2) is 42.0 Å². The number of ether oxygens (including phenoxy) is 2. The molecule has 49 heavy (non-hydrogen) atoms. The van der Waals surface area contributed by atoms with E-state index in [1.54, 1.807) is 4.80 Å². The Morgan fingerprint density at radius 3 is 2.47 bits per heavy atom. The summed E-state index contributed by atoms with van der Waals surface area (Å²) in [6, 6.07) is 9.58. The summed E-state index contributed by atoms with van der Waals surface area (Å²) in [5.74, 6) is 0.266. The number of nitrogen functional groups attached to an aromatic ring is 1. The van der Waals surface area contributed by atoms with Crippen molar-refractivity contribution in [3.63, 3.8) is 0 Å². The molecule has 2 heterocycles. The highest BCUT2D eigenvalue weighted by atomic mass is 16.5. The van der Waals surface area contributed by atoms with Crippen LogP contribution in [-0.2, 0) is 14.3 Å². The summed E-state index contributed by atoms with van der Waals surface area (Å²) in [7, 11) is 0. The van der Waals surface area contributed by atoms with Gasteiger partial charge in [-0.1, -0.05) is 95.5 Å². The number of nitrogens with zero attached hydrogens (tertiary/aromatic N) is 4. The van der Waals surface area contributed by atoms with Crippen LogP contribution in [0.3, 0.4) is 0 Å². The van der Waals surface area contributed by atoms with E-state index in [-0.39, 0.29) is 52.2 Å². The molecule has 0 amide bonds. The molecule has 0 spiro atoms. The molecule has 10 nitrogen and oxygen atoms in total. The van der Waals surface area contributed by atoms with Gasteiger partial charge in [0.15, 0.2) is 0 Å². The molecule has 7 rings (SSSR count). The third-order valence-electron chi connectivity index (χ3n) is 15.4. The van der Waals surface area contributed by atoms with E-state index in [0.717, 1.165) is 37.7 Å². The minimum absolute atomic E-state index is 0.137. The molecule has 3 saturated carbocycles. The summed E-state index contributed by atoms with van der Waals surface area (Å²) >= 11 is 0. The Labute approximate surface area is 291 Å². The van der Waals surface area contributed by atoms with Crippen LogP contribution in [0.1, 0.15) is 105 Å². The smallest absolute Gasteiger partial charge is 0.307 e. The maximum atomic E-state index is 13.5. The number of allylic oxidation sites excluding steroid dienone is 1. The predicted molar refractivity (Wildman–Crippen MR) is 188 cm³/mol. The highest BCUT2D eigenvalue weighted by molar-refractivity contribution is 5.73. The molecule has 0 unspecified atom stereocenters. The Morgan fingerprint density at radius 1 is 1.08 bits per heavy atom. The summed E-state index contributed by atoms with van der Waals surface area (Å²) < 4.78 is 13.8. The van der Waals surface area contributed by atoms with Gasteiger partial charge in [0, 0.05) is 5.41 Å². The lowest BCUT2D eigenvalue weighted by molar-refractivity contribution is -0.253. The lowest BCUT2D eigenvalue weighted by Gasteiger charge is -2.71. The van der Waals surface area contributed by atoms with Crippen LogP contribution in [0.2, 0.25) is 0 Å². The number of nitrogens with two attached hydrogens (primary N) is 2. The van der Waals surface area contributed by atoms with Gasteiger partial charge in [0.1, 0.15) is 6.04 Å². The minimum Gasteiger partial charge on any atom is -0.481 e. The zero-order chi connectivity index (χ0) is 35.1. The fraction of sp³-hybridized carbons (Fsp3) is 0.744. The van der Waals surface area contributed by atoms with Gasteiger partial charge in [-0.3, -0.25) is 4.79 Å². The number of aromatic nitrogens is 4. The lowest BCUT2D eigenvalue weighted by Crippen LogP contribution is -2.70. The second-order valence-corrected chi connectivity index (χ2v) is 17.9. The molecule has 2 bridgehead atoms. The first-order valence-electron chi connectivity index (χ1n) is 18.6. The van der Waals surface area contributed by atoms with Gasteiger partial charge in [0.05, 0.1) is 37.9 Å². The molecule has 12 atom stereocenters. The summed E-state index contributed by atoms with van der Waals surface area (Å²) in [4.78, 5) is 15.2. The molecule has 1 aromatic heterocycles. The van der Waals surface area contributed by atoms with Gasteiger partial charge in [-0.2, -0.15) is 4.80 Å². The SMILES string of the molecule is CC(C)[C@@H](C)[C@@]1(C)CC[C@]2(C)[C@H]3CC[C@@H]4[C@@]5(C)COC[C@@]4(C3=CC[C@@]2(C)[C@@H]1C(=O)O)[C@@H](OC[C@H](N)c1ccccc1)[C@H](n1nnc(N)n1)C5. The number of hydrogen-bond donors (Lipinski definition) is 3. The van der Waals surface area contributed by atoms with E-state index in [2.05, 4.69) is 70.0 Å². The van der Waals surface area contributed by atoms with E-state index in [9.17, 15) is 9.90 Å². The molecule has 4 fully saturated rings. The molecule has 5 aliphatic rings. The van der Waals surface area contributed by atoms with Crippen LogP contribution in [0.25, 0.3) is 0 Å². The van der Waals surface area contributed by atoms with Gasteiger partial charge in [-0.25, -0.2) is 0 Å². The fourth-order valence-corrected chi connectivity index (χ4v) is 12.5. The van der Waals surface area contributed by atoms with E-state index in [1.807, 2.05) is 30.3 Å². The van der Waals surface area contributed by atoms with Crippen molar-refractivity contribution in [3.8, 4) is 0 Å². The van der Waals surface area contributed by atoms with Crippen molar-refractivity contribution in [1.82, 2.24) is 20.2 Å². The number of fused-ring (bicyclic) bond motifs is 3. The zero-order valence-electron chi connectivity index (χ0n) is 30.6. The summed E-state index contributed by atoms with van der Waals surface area (Å²) in [5, 5.41) is 24.2. The number of carboxylic acid groups (broad SMARTS) is 1. The maximum absolute atomic E-state index is 13.5. The molecular weight excluding hydrogens is 616 g/mol. The third kappa shape index (κ3) is 4.90. The van der Waals surface area contributed by atoms with Crippen LogP contribution >= 0.6 is 0 Å². The topological polar surface area (TPSA) is 151 Å². The van der Waals surface area contributed by atoms with Crippen molar-refractivity contribution in [1.29, 1.82) is 0 Å². The number of anilines is 1. The van der Waals surface area contributed by atoms with E-state index in [0.29, 0.717) is 38.1 Å². The molecule has 1 aliphatic heterocycles. The molecular formula is C39H58N6O4. The largest absolute Gasteiger partial charge is 0.481 e. The zero-order valence-corrected chi connectivity index (χ0v) is 30.6. The molecule has 268 valence electrons. The quantitative estimate of drug-likeness (QED) is 0.268. The lowest BCUT2D eigenvalue weighted by atomic mass is 9.34. The Hall–Kier alpha value is -2.82. The van der Waals surface area contributed by atoms with Crippen molar-refractivity contribution in [3.05, 3.63) is 47.5 Å². The average Bonchev–Trinajstić information content (AvgIpc) is 3.50. The van der Waals surface area contributed by atoms with Gasteiger partial charge in [0.2, 0.25) is 0 Å². The minimum atomic E-state index is -0.649. The van der Waals surface area contributed by atoms with Crippen molar-refractivity contribution in [2.45, 2.75) is 105 Å². The Kier molecular flexibility index (Phi) is 8.39. The van der Waals surface area contributed by atoms with Crippen LogP contribution in [0.5, 0.6) is 0 Å². The van der Waals surface area contributed by atoms with E-state index in [1.165, 1.54) is 5.57 Å². The van der Waals surface area contributed by atoms with Gasteiger partial charge < -0.3 is 26.0 Å². The fourth-order valence-electron chi connectivity index (χ4n) is 12.5. The maximum Gasteiger partial charge on any atom is 0.307 e. The second-order valence-electron chi connectivity index (χ2n) is 17.9. The van der Waals surface area contributed by atoms with Crippen LogP contribution < -0.4 is 11.5 Å². The number of tetrazole rings is 1. The number of carboxylic acids is 1. The predicted octanol–water partition coefficient (Wildman–Crippen LogP) is 6.47. The standard InChI is InChI=1S/C39H58N6O4/c1-23(2)24(3)36(5)17-18-37(6)26-13-14-30-35(4)19-29(45-43-34(41)42-44-45)32(49-20-28(40)25-11-9-8-10-12-25)39(30,22-48-21-35)27(26)15-16-38(37,7)31(36)33(46)47/h8-12,15,23-24,26,28-32H,13-14,16-22,40H2,1-7H3,(H2,41,43)(H,46,47)/t24-,26+,28+,29-,30-,31-,32+,35-,36-,37-,38+,39+/m1/s1. The third-order valence-corrected chi connectivity index (χ3v) is 15.4. The number of rotatable bonds is 8. The van der Waals surface area contributed by atoms with E-state index >= 15 is 0 Å². The Balaban J connectivity index is 1.36. The highest BCUT2D eigenvalue weighted by Crippen LogP contribution is 2.75. The van der Waals surface area contributed by atoms with Crippen LogP contribution in [-0.4, -0.2) is 57.2 Å². The van der Waals surface area contributed by atoms with E-state index in [4.69, 9.17) is 20.9 Å². The van der Waals surface area contributed by atoms with Crippen molar-refractivity contribution < 1.29 is 19.4 Å². The van der Waals surface area contributed by atoms with Gasteiger partial charge in [0.25, 0.3) is 5.95 Å². The molecule has 0 radical (unpaired) electrons. The van der Waals surface area contributed by atoms with Crippen molar-refractivity contribution in [2.75, 3.05) is 25.6 Å². The Morgan fingerprint density at radius 2 is 1.82 bits per heavy atom. The van der Waals surface area contributed by atoms with Gasteiger partial charge in [-0.15, -0.1) is 5.10 Å². The molecule has 5 N–H and O–H groups in total. The number of benzene rings is 1.